The molecule has 2 rings (SSSR count). The second kappa shape index (κ2) is 5.85. The minimum atomic E-state index is 0.0647. The summed E-state index contributed by atoms with van der Waals surface area (Å²) in [6.45, 7) is 4.10. The topological polar surface area (TPSA) is 39.1 Å². The van der Waals surface area contributed by atoms with Crippen molar-refractivity contribution in [2.45, 2.75) is 19.9 Å². The summed E-state index contributed by atoms with van der Waals surface area (Å²) >= 11 is 6.10. The van der Waals surface area contributed by atoms with Gasteiger partial charge in [-0.2, -0.15) is 5.10 Å². The van der Waals surface area contributed by atoms with Gasteiger partial charge in [-0.3, -0.25) is 4.68 Å². The normalized spacial score (nSPS) is 12.5. The third-order valence-corrected chi connectivity index (χ3v) is 3.96. The van der Waals surface area contributed by atoms with Crippen molar-refractivity contribution in [2.24, 2.45) is 7.05 Å². The van der Waals surface area contributed by atoms with Gasteiger partial charge >= 0.3 is 0 Å². The lowest BCUT2D eigenvalue weighted by Gasteiger charge is -2.19. The first-order valence-corrected chi connectivity index (χ1v) is 6.88. The Hall–Kier alpha value is -1.52. The number of rotatable bonds is 4. The lowest BCUT2D eigenvalue weighted by molar-refractivity contribution is 0.414. The van der Waals surface area contributed by atoms with E-state index in [0.29, 0.717) is 10.8 Å². The van der Waals surface area contributed by atoms with E-state index in [1.165, 1.54) is 5.56 Å². The number of nitrogens with one attached hydrogen (secondary N) is 1. The maximum absolute atomic E-state index is 6.10. The molecule has 0 saturated heterocycles. The van der Waals surface area contributed by atoms with Gasteiger partial charge in [-0.05, 0) is 38.6 Å². The minimum Gasteiger partial charge on any atom is -0.495 e. The van der Waals surface area contributed by atoms with Crippen LogP contribution in [0.25, 0.3) is 0 Å². The number of ether oxygens (including phenoxy) is 1. The Labute approximate surface area is 124 Å². The van der Waals surface area contributed by atoms with E-state index in [0.717, 1.165) is 17.0 Å². The average molecular weight is 294 g/mol. The molecule has 0 aliphatic heterocycles. The molecule has 5 heteroatoms. The summed E-state index contributed by atoms with van der Waals surface area (Å²) in [6, 6.07) is 5.91. The Kier molecular flexibility index (Phi) is 4.35. The summed E-state index contributed by atoms with van der Waals surface area (Å²) in [4.78, 5) is 0. The van der Waals surface area contributed by atoms with Crippen LogP contribution in [0.5, 0.6) is 5.75 Å². The molecule has 4 nitrogen and oxygen atoms in total. The number of aromatic nitrogens is 2. The predicted octanol–water partition coefficient (Wildman–Crippen LogP) is 3.01. The Morgan fingerprint density at radius 2 is 2.05 bits per heavy atom. The molecule has 108 valence electrons. The molecule has 0 radical (unpaired) electrons. The number of methoxy groups -OCH3 is 1. The Bertz CT molecular complexity index is 622. The molecule has 20 heavy (non-hydrogen) atoms. The predicted molar refractivity (Wildman–Crippen MR) is 81.6 cm³/mol. The number of nitrogens with zero attached hydrogens (tertiary/aromatic N) is 2. The van der Waals surface area contributed by atoms with Gasteiger partial charge in [0.1, 0.15) is 5.75 Å². The van der Waals surface area contributed by atoms with Gasteiger partial charge in [0.25, 0.3) is 0 Å². The highest BCUT2D eigenvalue weighted by molar-refractivity contribution is 6.32. The van der Waals surface area contributed by atoms with Crippen LogP contribution in [0.1, 0.15) is 28.6 Å². The summed E-state index contributed by atoms with van der Waals surface area (Å²) in [6.07, 6.45) is 0. The van der Waals surface area contributed by atoms with Gasteiger partial charge < -0.3 is 10.1 Å². The summed E-state index contributed by atoms with van der Waals surface area (Å²) in [5, 5.41) is 8.45. The Morgan fingerprint density at radius 1 is 1.35 bits per heavy atom. The standard InChI is InChI=1S/C15H20ClN3O/c1-9-14(10(2)19(4)18-9)15(17-3)11-6-7-12(16)13(8-11)20-5/h6-8,15,17H,1-5H3. The maximum Gasteiger partial charge on any atom is 0.137 e. The van der Waals surface area contributed by atoms with Crippen molar-refractivity contribution < 1.29 is 4.74 Å². The molecule has 1 heterocycles. The molecule has 0 amide bonds. The van der Waals surface area contributed by atoms with E-state index in [-0.39, 0.29) is 6.04 Å². The molecule has 0 fully saturated rings. The van der Waals surface area contributed by atoms with E-state index in [4.69, 9.17) is 16.3 Å². The minimum absolute atomic E-state index is 0.0647. The van der Waals surface area contributed by atoms with Crippen LogP contribution in [0, 0.1) is 13.8 Å². The van der Waals surface area contributed by atoms with Gasteiger partial charge in [-0.15, -0.1) is 0 Å². The van der Waals surface area contributed by atoms with Crippen LogP contribution < -0.4 is 10.1 Å². The van der Waals surface area contributed by atoms with E-state index >= 15 is 0 Å². The maximum atomic E-state index is 6.10. The number of hydrogen-bond donors (Lipinski definition) is 1. The monoisotopic (exact) mass is 293 g/mol. The zero-order chi connectivity index (χ0) is 14.9. The molecule has 1 atom stereocenters. The van der Waals surface area contributed by atoms with Crippen molar-refractivity contribution in [1.82, 2.24) is 15.1 Å². The van der Waals surface area contributed by atoms with E-state index in [1.54, 1.807) is 7.11 Å². The van der Waals surface area contributed by atoms with Gasteiger partial charge in [0.2, 0.25) is 0 Å². The number of halogens is 1. The lowest BCUT2D eigenvalue weighted by atomic mass is 9.97. The molecule has 1 aromatic heterocycles. The molecule has 1 N–H and O–H groups in total. The summed E-state index contributed by atoms with van der Waals surface area (Å²) in [7, 11) is 5.53. The molecule has 1 unspecified atom stereocenters. The first-order valence-electron chi connectivity index (χ1n) is 6.50. The lowest BCUT2D eigenvalue weighted by Crippen LogP contribution is -2.19. The molecule has 1 aromatic carbocycles. The van der Waals surface area contributed by atoms with Crippen LogP contribution in [0.4, 0.5) is 0 Å². The van der Waals surface area contributed by atoms with Crippen LogP contribution >= 0.6 is 11.6 Å². The van der Waals surface area contributed by atoms with Gasteiger partial charge in [0.15, 0.2) is 0 Å². The average Bonchev–Trinajstić information content (AvgIpc) is 2.68. The molecular formula is C15H20ClN3O. The number of aryl methyl sites for hydroxylation is 2. The zero-order valence-electron chi connectivity index (χ0n) is 12.5. The van der Waals surface area contributed by atoms with Gasteiger partial charge in [-0.1, -0.05) is 17.7 Å². The van der Waals surface area contributed by atoms with Gasteiger partial charge in [0.05, 0.1) is 23.9 Å². The van der Waals surface area contributed by atoms with Crippen molar-refractivity contribution in [1.29, 1.82) is 0 Å². The summed E-state index contributed by atoms with van der Waals surface area (Å²) in [5.41, 5.74) is 4.47. The van der Waals surface area contributed by atoms with Crippen molar-refractivity contribution >= 4 is 11.6 Å². The quantitative estimate of drug-likeness (QED) is 0.942. The van der Waals surface area contributed by atoms with Crippen molar-refractivity contribution in [2.75, 3.05) is 14.2 Å². The van der Waals surface area contributed by atoms with Gasteiger partial charge in [0, 0.05) is 18.3 Å². The Morgan fingerprint density at radius 3 is 2.55 bits per heavy atom. The molecule has 0 saturated carbocycles. The van der Waals surface area contributed by atoms with E-state index in [9.17, 15) is 0 Å². The Balaban J connectivity index is 2.52. The van der Waals surface area contributed by atoms with Crippen LogP contribution in [0.15, 0.2) is 18.2 Å². The second-order valence-corrected chi connectivity index (χ2v) is 5.23. The molecule has 0 aliphatic carbocycles. The van der Waals surface area contributed by atoms with Crippen molar-refractivity contribution in [3.63, 3.8) is 0 Å². The fourth-order valence-electron chi connectivity index (χ4n) is 2.54. The highest BCUT2D eigenvalue weighted by Crippen LogP contribution is 2.32. The molecule has 0 aliphatic rings. The fraction of sp³-hybridized carbons (Fsp3) is 0.400. The third kappa shape index (κ3) is 2.53. The van der Waals surface area contributed by atoms with Crippen LogP contribution in [-0.2, 0) is 7.05 Å². The fourth-order valence-corrected chi connectivity index (χ4v) is 2.74. The number of benzene rings is 1. The largest absolute Gasteiger partial charge is 0.495 e. The van der Waals surface area contributed by atoms with E-state index < -0.39 is 0 Å². The first-order chi connectivity index (χ1) is 9.49. The van der Waals surface area contributed by atoms with Crippen molar-refractivity contribution in [3.8, 4) is 5.75 Å². The van der Waals surface area contributed by atoms with E-state index in [1.807, 2.05) is 43.9 Å². The SMILES string of the molecule is CNC(c1ccc(Cl)c(OC)c1)c1c(C)nn(C)c1C. The summed E-state index contributed by atoms with van der Waals surface area (Å²) < 4.78 is 7.21. The third-order valence-electron chi connectivity index (χ3n) is 3.65. The second-order valence-electron chi connectivity index (χ2n) is 4.82. The zero-order valence-corrected chi connectivity index (χ0v) is 13.2. The van der Waals surface area contributed by atoms with Gasteiger partial charge in [-0.25, -0.2) is 0 Å². The molecule has 0 spiro atoms. The van der Waals surface area contributed by atoms with Crippen LogP contribution in [0.3, 0.4) is 0 Å². The van der Waals surface area contributed by atoms with E-state index in [2.05, 4.69) is 17.3 Å². The highest BCUT2D eigenvalue weighted by Gasteiger charge is 2.21. The first kappa shape index (κ1) is 14.9. The van der Waals surface area contributed by atoms with Crippen LogP contribution in [0.2, 0.25) is 5.02 Å². The molecule has 2 aromatic rings. The van der Waals surface area contributed by atoms with Crippen LogP contribution in [-0.4, -0.2) is 23.9 Å². The number of hydrogen-bond acceptors (Lipinski definition) is 3. The summed E-state index contributed by atoms with van der Waals surface area (Å²) in [5.74, 6) is 0.684. The smallest absolute Gasteiger partial charge is 0.137 e. The molecular weight excluding hydrogens is 274 g/mol. The highest BCUT2D eigenvalue weighted by atomic mass is 35.5. The molecule has 0 bridgehead atoms. The van der Waals surface area contributed by atoms with Crippen molar-refractivity contribution in [3.05, 3.63) is 45.7 Å².